The van der Waals surface area contributed by atoms with Crippen LogP contribution in [0.4, 0.5) is 11.4 Å². The first-order valence-electron chi connectivity index (χ1n) is 7.24. The van der Waals surface area contributed by atoms with Gasteiger partial charge in [0.05, 0.1) is 18.1 Å². The minimum Gasteiger partial charge on any atom is -0.324 e. The van der Waals surface area contributed by atoms with Crippen molar-refractivity contribution >= 4 is 39.7 Å². The van der Waals surface area contributed by atoms with Crippen LogP contribution in [-0.4, -0.2) is 37.4 Å². The van der Waals surface area contributed by atoms with Crippen molar-refractivity contribution in [1.29, 1.82) is 0 Å². The molecule has 1 amide bonds. The molecule has 138 valence electrons. The Kier molecular flexibility index (Phi) is 6.97. The minimum atomic E-state index is -3.39. The maximum absolute atomic E-state index is 12.5. The summed E-state index contributed by atoms with van der Waals surface area (Å²) in [4.78, 5) is 12.5. The summed E-state index contributed by atoms with van der Waals surface area (Å²) < 4.78 is 26.9. The van der Waals surface area contributed by atoms with E-state index in [2.05, 4.69) is 20.5 Å². The first-order valence-corrected chi connectivity index (χ1v) is 9.14. The molecule has 0 aliphatic carbocycles. The number of sulfonamides is 1. The van der Waals surface area contributed by atoms with E-state index in [-0.39, 0.29) is 18.3 Å². The van der Waals surface area contributed by atoms with Crippen molar-refractivity contribution in [1.82, 2.24) is 15.1 Å². The second-order valence-electron chi connectivity index (χ2n) is 5.56. The third kappa shape index (κ3) is 5.73. The quantitative estimate of drug-likeness (QED) is 0.695. The largest absolute Gasteiger partial charge is 0.324 e. The average molecular weight is 388 g/mol. The number of aromatic nitrogens is 2. The third-order valence-corrected chi connectivity index (χ3v) is 4.00. The zero-order valence-electron chi connectivity index (χ0n) is 14.4. The van der Waals surface area contributed by atoms with E-state index in [1.807, 2.05) is 0 Å². The van der Waals surface area contributed by atoms with Crippen LogP contribution in [-0.2, 0) is 21.9 Å². The zero-order chi connectivity index (χ0) is 17.9. The van der Waals surface area contributed by atoms with Crippen molar-refractivity contribution in [2.45, 2.75) is 13.0 Å². The molecular weight excluding hydrogens is 366 g/mol. The number of hydrogen-bond acceptors (Lipinski definition) is 5. The smallest absolute Gasteiger partial charge is 0.246 e. The zero-order valence-corrected chi connectivity index (χ0v) is 16.0. The van der Waals surface area contributed by atoms with Crippen LogP contribution in [0.1, 0.15) is 17.2 Å². The first kappa shape index (κ1) is 20.9. The lowest BCUT2D eigenvalue weighted by Crippen LogP contribution is -2.30. The fraction of sp³-hybridized carbons (Fsp3) is 0.333. The Balaban J connectivity index is 0.00000312. The van der Waals surface area contributed by atoms with Gasteiger partial charge in [0.25, 0.3) is 0 Å². The van der Waals surface area contributed by atoms with E-state index in [4.69, 9.17) is 0 Å². The maximum Gasteiger partial charge on any atom is 0.246 e. The summed E-state index contributed by atoms with van der Waals surface area (Å²) in [6.07, 6.45) is 4.45. The second kappa shape index (κ2) is 8.32. The van der Waals surface area contributed by atoms with E-state index < -0.39 is 16.1 Å². The highest BCUT2D eigenvalue weighted by atomic mass is 35.5. The lowest BCUT2D eigenvalue weighted by molar-refractivity contribution is -0.118. The molecule has 0 aliphatic rings. The number of likely N-dealkylation sites (N-methyl/N-ethyl adjacent to an activating group) is 1. The molecule has 25 heavy (non-hydrogen) atoms. The van der Waals surface area contributed by atoms with Gasteiger partial charge in [-0.15, -0.1) is 12.4 Å². The molecule has 8 nitrogen and oxygen atoms in total. The molecule has 2 aromatic rings. The number of benzene rings is 1. The van der Waals surface area contributed by atoms with Crippen molar-refractivity contribution in [2.24, 2.45) is 7.05 Å². The number of hydrogen-bond donors (Lipinski definition) is 3. The van der Waals surface area contributed by atoms with E-state index >= 15 is 0 Å². The topological polar surface area (TPSA) is 105 Å². The summed E-state index contributed by atoms with van der Waals surface area (Å²) in [5.74, 6) is -0.264. The van der Waals surface area contributed by atoms with Gasteiger partial charge in [0.2, 0.25) is 15.9 Å². The van der Waals surface area contributed by atoms with Gasteiger partial charge in [-0.3, -0.25) is 14.2 Å². The van der Waals surface area contributed by atoms with Crippen molar-refractivity contribution in [3.63, 3.8) is 0 Å². The lowest BCUT2D eigenvalue weighted by atomic mass is 10.1. The van der Waals surface area contributed by atoms with Gasteiger partial charge in [0.1, 0.15) is 6.04 Å². The van der Waals surface area contributed by atoms with E-state index in [0.717, 1.165) is 17.4 Å². The molecule has 0 radical (unpaired) electrons. The number of carbonyl (C=O) groups is 1. The van der Waals surface area contributed by atoms with Crippen molar-refractivity contribution in [3.05, 3.63) is 41.7 Å². The standard InChI is InChI=1S/C15H21N5O3S.ClH/c1-10-5-6-12(7-13(10)19-24(4,22)23)18-15(21)14(16-2)11-8-17-20(3)9-11;/h5-9,14,16,19H,1-4H3,(H,18,21);1H. The summed E-state index contributed by atoms with van der Waals surface area (Å²) in [7, 11) is 0.0664. The van der Waals surface area contributed by atoms with Crippen LogP contribution in [0.15, 0.2) is 30.6 Å². The predicted octanol–water partition coefficient (Wildman–Crippen LogP) is 1.42. The van der Waals surface area contributed by atoms with Crippen molar-refractivity contribution < 1.29 is 13.2 Å². The van der Waals surface area contributed by atoms with Crippen LogP contribution in [0.3, 0.4) is 0 Å². The van der Waals surface area contributed by atoms with E-state index in [1.165, 1.54) is 0 Å². The molecule has 0 aliphatic heterocycles. The van der Waals surface area contributed by atoms with Crippen LogP contribution in [0.25, 0.3) is 0 Å². The van der Waals surface area contributed by atoms with Gasteiger partial charge >= 0.3 is 0 Å². The van der Waals surface area contributed by atoms with E-state index in [1.54, 1.807) is 56.3 Å². The van der Waals surface area contributed by atoms with Gasteiger partial charge in [0.15, 0.2) is 0 Å². The number of amides is 1. The molecule has 0 spiro atoms. The Labute approximate surface area is 153 Å². The van der Waals surface area contributed by atoms with Gasteiger partial charge in [-0.25, -0.2) is 8.42 Å². The number of carbonyl (C=O) groups excluding carboxylic acids is 1. The first-order chi connectivity index (χ1) is 11.2. The molecule has 1 heterocycles. The minimum absolute atomic E-state index is 0. The van der Waals surface area contributed by atoms with Crippen molar-refractivity contribution in [2.75, 3.05) is 23.3 Å². The highest BCUT2D eigenvalue weighted by Gasteiger charge is 2.20. The Morgan fingerprint density at radius 1 is 1.32 bits per heavy atom. The van der Waals surface area contributed by atoms with Gasteiger partial charge in [-0.2, -0.15) is 5.10 Å². The molecular formula is C15H22ClN5O3S. The monoisotopic (exact) mass is 387 g/mol. The molecule has 0 fully saturated rings. The SMILES string of the molecule is CNC(C(=O)Nc1ccc(C)c(NS(C)(=O)=O)c1)c1cnn(C)c1.Cl. The number of rotatable bonds is 6. The van der Waals surface area contributed by atoms with Gasteiger partial charge in [-0.1, -0.05) is 6.07 Å². The number of aryl methyl sites for hydroxylation is 2. The van der Waals surface area contributed by atoms with Crippen molar-refractivity contribution in [3.8, 4) is 0 Å². The van der Waals surface area contributed by atoms with Gasteiger partial charge in [0, 0.05) is 24.5 Å². The average Bonchev–Trinajstić information content (AvgIpc) is 2.88. The molecule has 1 aromatic carbocycles. The number of nitrogens with zero attached hydrogens (tertiary/aromatic N) is 2. The fourth-order valence-corrected chi connectivity index (χ4v) is 2.88. The molecule has 2 rings (SSSR count). The molecule has 1 atom stereocenters. The highest BCUT2D eigenvalue weighted by molar-refractivity contribution is 7.92. The summed E-state index contributed by atoms with van der Waals surface area (Å²) >= 11 is 0. The second-order valence-corrected chi connectivity index (χ2v) is 7.31. The van der Waals surface area contributed by atoms with Gasteiger partial charge < -0.3 is 10.6 Å². The molecule has 1 aromatic heterocycles. The Hall–Kier alpha value is -2.10. The predicted molar refractivity (Wildman–Crippen MR) is 101 cm³/mol. The molecule has 0 saturated carbocycles. The normalized spacial score (nSPS) is 12.2. The third-order valence-electron chi connectivity index (χ3n) is 3.41. The fourth-order valence-electron chi connectivity index (χ4n) is 2.26. The molecule has 0 saturated heterocycles. The summed E-state index contributed by atoms with van der Waals surface area (Å²) in [6, 6.07) is 4.48. The van der Waals surface area contributed by atoms with E-state index in [9.17, 15) is 13.2 Å². The van der Waals surface area contributed by atoms with Crippen LogP contribution in [0, 0.1) is 6.92 Å². The van der Waals surface area contributed by atoms with Crippen LogP contribution >= 0.6 is 12.4 Å². The molecule has 0 bridgehead atoms. The Morgan fingerprint density at radius 2 is 2.00 bits per heavy atom. The summed E-state index contributed by atoms with van der Waals surface area (Å²) in [5.41, 5.74) is 2.42. The highest BCUT2D eigenvalue weighted by Crippen LogP contribution is 2.22. The molecule has 10 heteroatoms. The molecule has 3 N–H and O–H groups in total. The number of nitrogens with one attached hydrogen (secondary N) is 3. The number of anilines is 2. The van der Waals surface area contributed by atoms with E-state index in [0.29, 0.717) is 11.4 Å². The lowest BCUT2D eigenvalue weighted by Gasteiger charge is -2.16. The molecule has 1 unspecified atom stereocenters. The maximum atomic E-state index is 12.5. The van der Waals surface area contributed by atoms with Crippen LogP contribution in [0.5, 0.6) is 0 Å². The number of halogens is 1. The Morgan fingerprint density at radius 3 is 2.52 bits per heavy atom. The van der Waals surface area contributed by atoms with Crippen LogP contribution in [0.2, 0.25) is 0 Å². The Bertz CT molecular complexity index is 851. The van der Waals surface area contributed by atoms with Gasteiger partial charge in [-0.05, 0) is 31.7 Å². The summed E-state index contributed by atoms with van der Waals surface area (Å²) in [6.45, 7) is 1.78. The summed E-state index contributed by atoms with van der Waals surface area (Å²) in [5, 5.41) is 9.78. The van der Waals surface area contributed by atoms with Crippen LogP contribution < -0.4 is 15.4 Å².